The van der Waals surface area contributed by atoms with E-state index in [0.717, 1.165) is 77.0 Å². The van der Waals surface area contributed by atoms with Gasteiger partial charge in [-0.25, -0.2) is 0 Å². The van der Waals surface area contributed by atoms with Gasteiger partial charge in [-0.15, -0.1) is 0 Å². The molecule has 0 aliphatic rings. The first kappa shape index (κ1) is 44.4. The van der Waals surface area contributed by atoms with Gasteiger partial charge >= 0.3 is 0 Å². The minimum absolute atomic E-state index is 0.0537. The second kappa shape index (κ2) is 28.4. The number of aliphatic hydroxyl groups is 2. The normalized spacial score (nSPS) is 16.1. The van der Waals surface area contributed by atoms with E-state index in [4.69, 9.17) is 9.05 Å². The second-order valence-corrected chi connectivity index (χ2v) is 14.4. The van der Waals surface area contributed by atoms with Crippen molar-refractivity contribution >= 4 is 13.7 Å². The van der Waals surface area contributed by atoms with E-state index in [1.807, 2.05) is 28.1 Å². The Morgan fingerprint density at radius 2 is 1.35 bits per heavy atom. The summed E-state index contributed by atoms with van der Waals surface area (Å²) in [5.74, 6) is -0.312. The number of unbranched alkanes of at least 4 members (excludes halogenated alkanes) is 9. The largest absolute Gasteiger partial charge is 0.756 e. The van der Waals surface area contributed by atoms with E-state index in [1.54, 1.807) is 0 Å². The van der Waals surface area contributed by atoms with Crippen molar-refractivity contribution in [2.24, 2.45) is 0 Å². The Bertz CT molecular complexity index is 915. The van der Waals surface area contributed by atoms with Crippen molar-refractivity contribution in [3.8, 4) is 0 Å². The third kappa shape index (κ3) is 28.6. The van der Waals surface area contributed by atoms with Crippen molar-refractivity contribution in [1.29, 1.82) is 0 Å². The number of amides is 1. The minimum Gasteiger partial charge on any atom is -0.756 e. The number of likely N-dealkylation sites (N-methyl/N-ethyl adjacent to an activating group) is 1. The summed E-state index contributed by atoms with van der Waals surface area (Å²) in [7, 11) is 1.07. The standard InChI is InChI=1S/C36H67N2O7P/c1-6-8-10-12-14-16-18-19-20-22-24-26-28-34(39)36(41)33(32-45-46(42,43)44-31-30-38(3,4)5)37-35(40)29-27-25-23-21-17-15-13-11-9-7-2/h6,8,11,13-14,16,20,22,33-34,36,39,41H,7,9-10,12,15,17-19,21,23-32H2,1-5H3,(H-,37,40,42,43)/b8-6+,13-11-,16-14+,22-20+. The lowest BCUT2D eigenvalue weighted by atomic mass is 10.0. The average Bonchev–Trinajstić information content (AvgIpc) is 2.99. The SMILES string of the molecule is C/C=C/CC/C=C/CC/C=C/CCCC(O)C(O)C(COP(=O)([O-])OCC[N+](C)(C)C)NC(=O)CCCCCCC/C=C\CCC. The van der Waals surface area contributed by atoms with Crippen LogP contribution < -0.4 is 10.2 Å². The third-order valence-corrected chi connectivity index (χ3v) is 8.38. The molecule has 0 radical (unpaired) electrons. The molecule has 0 aliphatic heterocycles. The summed E-state index contributed by atoms with van der Waals surface area (Å²) in [6, 6.07) is -1.10. The summed E-state index contributed by atoms with van der Waals surface area (Å²) in [5.41, 5.74) is 0. The molecule has 0 spiro atoms. The highest BCUT2D eigenvalue weighted by Crippen LogP contribution is 2.38. The molecule has 0 fully saturated rings. The molecule has 0 saturated carbocycles. The maximum Gasteiger partial charge on any atom is 0.268 e. The molecule has 4 atom stereocenters. The smallest absolute Gasteiger partial charge is 0.268 e. The van der Waals surface area contributed by atoms with Gasteiger partial charge in [-0.3, -0.25) is 9.36 Å². The average molecular weight is 671 g/mol. The zero-order valence-electron chi connectivity index (χ0n) is 29.6. The van der Waals surface area contributed by atoms with Gasteiger partial charge in [-0.1, -0.05) is 81.2 Å². The van der Waals surface area contributed by atoms with E-state index in [0.29, 0.717) is 30.3 Å². The fourth-order valence-electron chi connectivity index (χ4n) is 4.53. The van der Waals surface area contributed by atoms with Crippen LogP contribution >= 0.6 is 7.82 Å². The fraction of sp³-hybridized carbons (Fsp3) is 0.750. The molecule has 10 heteroatoms. The summed E-state index contributed by atoms with van der Waals surface area (Å²) in [6.45, 7) is 4.07. The Balaban J connectivity index is 4.79. The summed E-state index contributed by atoms with van der Waals surface area (Å²) < 4.78 is 22.9. The van der Waals surface area contributed by atoms with Crippen LogP contribution in [0, 0.1) is 0 Å². The van der Waals surface area contributed by atoms with Gasteiger partial charge in [-0.05, 0) is 77.6 Å². The zero-order chi connectivity index (χ0) is 34.5. The minimum atomic E-state index is -4.67. The summed E-state index contributed by atoms with van der Waals surface area (Å²) in [4.78, 5) is 25.1. The van der Waals surface area contributed by atoms with Gasteiger partial charge in [-0.2, -0.15) is 0 Å². The van der Waals surface area contributed by atoms with Crippen LogP contribution in [0.15, 0.2) is 48.6 Å². The molecule has 268 valence electrons. The van der Waals surface area contributed by atoms with E-state index in [1.165, 1.54) is 0 Å². The molecule has 3 N–H and O–H groups in total. The van der Waals surface area contributed by atoms with Crippen LogP contribution in [0.4, 0.5) is 0 Å². The molecule has 0 aromatic heterocycles. The van der Waals surface area contributed by atoms with Crippen molar-refractivity contribution in [3.05, 3.63) is 48.6 Å². The zero-order valence-corrected chi connectivity index (χ0v) is 30.5. The molecule has 0 heterocycles. The van der Waals surface area contributed by atoms with Crippen molar-refractivity contribution in [3.63, 3.8) is 0 Å². The lowest BCUT2D eigenvalue weighted by Gasteiger charge is -2.31. The highest BCUT2D eigenvalue weighted by atomic mass is 31.2. The third-order valence-electron chi connectivity index (χ3n) is 7.41. The maximum absolute atomic E-state index is 12.7. The molecular formula is C36H67N2O7P. The van der Waals surface area contributed by atoms with Crippen molar-refractivity contribution in [2.75, 3.05) is 40.9 Å². The molecular weight excluding hydrogens is 603 g/mol. The topological polar surface area (TPSA) is 128 Å². The predicted octanol–water partition coefficient (Wildman–Crippen LogP) is 6.91. The quantitative estimate of drug-likeness (QED) is 0.0328. The van der Waals surface area contributed by atoms with Gasteiger partial charge in [0.25, 0.3) is 7.82 Å². The lowest BCUT2D eigenvalue weighted by Crippen LogP contribution is -2.51. The molecule has 46 heavy (non-hydrogen) atoms. The number of allylic oxidation sites excluding steroid dienone is 8. The van der Waals surface area contributed by atoms with Crippen LogP contribution in [-0.4, -0.2) is 79.8 Å². The Morgan fingerprint density at radius 1 is 0.804 bits per heavy atom. The molecule has 0 aromatic carbocycles. The van der Waals surface area contributed by atoms with E-state index < -0.39 is 32.7 Å². The van der Waals surface area contributed by atoms with Gasteiger partial charge in [0, 0.05) is 6.42 Å². The fourth-order valence-corrected chi connectivity index (χ4v) is 5.25. The van der Waals surface area contributed by atoms with Crippen LogP contribution in [0.5, 0.6) is 0 Å². The summed E-state index contributed by atoms with van der Waals surface area (Å²) in [6.07, 6.45) is 28.9. The molecule has 0 rings (SSSR count). The number of phosphoric ester groups is 1. The van der Waals surface area contributed by atoms with Crippen LogP contribution in [-0.2, 0) is 18.4 Å². The van der Waals surface area contributed by atoms with Crippen LogP contribution in [0.25, 0.3) is 0 Å². The number of phosphoric acid groups is 1. The highest BCUT2D eigenvalue weighted by molar-refractivity contribution is 7.45. The highest BCUT2D eigenvalue weighted by Gasteiger charge is 2.29. The van der Waals surface area contributed by atoms with Crippen molar-refractivity contribution in [2.45, 2.75) is 135 Å². The van der Waals surface area contributed by atoms with Crippen molar-refractivity contribution < 1.29 is 38.0 Å². The first-order chi connectivity index (χ1) is 21.9. The van der Waals surface area contributed by atoms with E-state index in [9.17, 15) is 24.5 Å². The number of hydrogen-bond acceptors (Lipinski definition) is 7. The van der Waals surface area contributed by atoms with Gasteiger partial charge in [0.1, 0.15) is 19.3 Å². The van der Waals surface area contributed by atoms with Gasteiger partial charge in [0.2, 0.25) is 5.91 Å². The number of carbonyl (C=O) groups is 1. The molecule has 0 saturated heterocycles. The molecule has 0 aromatic rings. The Kier molecular flexibility index (Phi) is 27.5. The lowest BCUT2D eigenvalue weighted by molar-refractivity contribution is -0.870. The number of quaternary nitrogens is 1. The van der Waals surface area contributed by atoms with Gasteiger partial charge in [0.15, 0.2) is 0 Å². The van der Waals surface area contributed by atoms with Crippen LogP contribution in [0.2, 0.25) is 0 Å². The number of aliphatic hydroxyl groups excluding tert-OH is 2. The molecule has 4 unspecified atom stereocenters. The molecule has 0 aliphatic carbocycles. The number of nitrogens with zero attached hydrogens (tertiary/aromatic N) is 1. The predicted molar refractivity (Wildman–Crippen MR) is 188 cm³/mol. The van der Waals surface area contributed by atoms with E-state index in [2.05, 4.69) is 60.8 Å². The van der Waals surface area contributed by atoms with E-state index in [-0.39, 0.29) is 18.9 Å². The molecule has 1 amide bonds. The van der Waals surface area contributed by atoms with Crippen LogP contribution in [0.3, 0.4) is 0 Å². The number of nitrogens with one attached hydrogen (secondary N) is 1. The monoisotopic (exact) mass is 670 g/mol. The molecule has 0 bridgehead atoms. The molecule has 9 nitrogen and oxygen atoms in total. The second-order valence-electron chi connectivity index (χ2n) is 13.0. The van der Waals surface area contributed by atoms with E-state index >= 15 is 0 Å². The number of hydrogen-bond donors (Lipinski definition) is 3. The van der Waals surface area contributed by atoms with Crippen LogP contribution in [0.1, 0.15) is 117 Å². The maximum atomic E-state index is 12.7. The first-order valence-corrected chi connectivity index (χ1v) is 19.0. The summed E-state index contributed by atoms with van der Waals surface area (Å²) >= 11 is 0. The van der Waals surface area contributed by atoms with Crippen molar-refractivity contribution in [1.82, 2.24) is 5.32 Å². The Hall–Kier alpha value is -1.58. The summed E-state index contributed by atoms with van der Waals surface area (Å²) in [5, 5.41) is 24.3. The first-order valence-electron chi connectivity index (χ1n) is 17.5. The Labute approximate surface area is 281 Å². The number of carbonyl (C=O) groups excluding carboxylic acids is 1. The Morgan fingerprint density at radius 3 is 1.96 bits per heavy atom. The van der Waals surface area contributed by atoms with Gasteiger partial charge in [0.05, 0.1) is 39.9 Å². The number of rotatable bonds is 30. The van der Waals surface area contributed by atoms with Gasteiger partial charge < -0.3 is 34.0 Å².